The monoisotopic (exact) mass is 241 g/mol. The number of carbonyl (C=O) groups excluding carboxylic acids is 1. The van der Waals surface area contributed by atoms with Gasteiger partial charge in [0.25, 0.3) is 0 Å². The van der Waals surface area contributed by atoms with Crippen LogP contribution in [0.3, 0.4) is 0 Å². The molecule has 0 aliphatic carbocycles. The molecule has 90 valence electrons. The van der Waals surface area contributed by atoms with E-state index in [0.29, 0.717) is 5.56 Å². The average Bonchev–Trinajstić information content (AvgIpc) is 2.90. The first-order chi connectivity index (χ1) is 8.67. The fourth-order valence-electron chi connectivity index (χ4n) is 2.10. The summed E-state index contributed by atoms with van der Waals surface area (Å²) in [4.78, 5) is 27.4. The van der Waals surface area contributed by atoms with Gasteiger partial charge in [-0.25, -0.2) is 4.79 Å². The first-order valence-corrected chi connectivity index (χ1v) is 5.53. The highest BCUT2D eigenvalue weighted by atomic mass is 16.1. The summed E-state index contributed by atoms with van der Waals surface area (Å²) in [6, 6.07) is 5.48. The number of carbonyl (C=O) groups is 1. The van der Waals surface area contributed by atoms with E-state index in [0.717, 1.165) is 28.8 Å². The molecule has 2 N–H and O–H groups in total. The van der Waals surface area contributed by atoms with Crippen LogP contribution in [0.2, 0.25) is 0 Å². The van der Waals surface area contributed by atoms with Gasteiger partial charge in [0.15, 0.2) is 0 Å². The van der Waals surface area contributed by atoms with Crippen molar-refractivity contribution in [2.45, 2.75) is 6.92 Å². The number of aryl methyl sites for hydroxylation is 1. The summed E-state index contributed by atoms with van der Waals surface area (Å²) in [6.45, 7) is 1.84. The molecule has 0 saturated carbocycles. The Morgan fingerprint density at radius 2 is 2.11 bits per heavy atom. The molecule has 0 fully saturated rings. The van der Waals surface area contributed by atoms with E-state index in [9.17, 15) is 9.59 Å². The molecule has 5 heteroatoms. The van der Waals surface area contributed by atoms with Crippen molar-refractivity contribution in [2.24, 2.45) is 0 Å². The molecule has 18 heavy (non-hydrogen) atoms. The summed E-state index contributed by atoms with van der Waals surface area (Å²) in [5.41, 5.74) is 3.81. The summed E-state index contributed by atoms with van der Waals surface area (Å²) in [5, 5.41) is 0. The van der Waals surface area contributed by atoms with E-state index in [2.05, 4.69) is 9.97 Å². The summed E-state index contributed by atoms with van der Waals surface area (Å²) < 4.78 is 1.91. The minimum atomic E-state index is -0.216. The predicted octanol–water partition coefficient (Wildman–Crippen LogP) is 1.74. The number of fused-ring (bicyclic) bond motifs is 1. The molecule has 0 amide bonds. The quantitative estimate of drug-likeness (QED) is 0.671. The predicted molar refractivity (Wildman–Crippen MR) is 67.9 cm³/mol. The van der Waals surface area contributed by atoms with Gasteiger partial charge in [0, 0.05) is 34.7 Å². The smallest absolute Gasteiger partial charge is 0.323 e. The molecule has 0 radical (unpaired) electrons. The van der Waals surface area contributed by atoms with Crippen molar-refractivity contribution < 1.29 is 4.79 Å². The maximum Gasteiger partial charge on any atom is 0.323 e. The van der Waals surface area contributed by atoms with E-state index in [4.69, 9.17) is 0 Å². The van der Waals surface area contributed by atoms with E-state index in [1.807, 2.05) is 29.8 Å². The van der Waals surface area contributed by atoms with Gasteiger partial charge in [0.05, 0.1) is 5.69 Å². The molecule has 0 atom stereocenters. The molecule has 0 aliphatic heterocycles. The second kappa shape index (κ2) is 3.73. The number of hydrogen-bond acceptors (Lipinski definition) is 2. The van der Waals surface area contributed by atoms with Crippen LogP contribution in [0.5, 0.6) is 0 Å². The van der Waals surface area contributed by atoms with Crippen LogP contribution >= 0.6 is 0 Å². The molecule has 3 aromatic rings. The van der Waals surface area contributed by atoms with Crippen molar-refractivity contribution in [3.05, 3.63) is 52.3 Å². The maximum atomic E-state index is 11.2. The van der Waals surface area contributed by atoms with E-state index < -0.39 is 0 Å². The van der Waals surface area contributed by atoms with Crippen LogP contribution in [0.15, 0.2) is 35.4 Å². The van der Waals surface area contributed by atoms with Crippen molar-refractivity contribution >= 4 is 11.8 Å². The fraction of sp³-hybridized carbons (Fsp3) is 0.0769. The third-order valence-electron chi connectivity index (χ3n) is 2.96. The van der Waals surface area contributed by atoms with Gasteiger partial charge in [0.1, 0.15) is 6.29 Å². The number of aromatic amines is 2. The molecular formula is C13H11N3O2. The molecule has 0 unspecified atom stereocenters. The van der Waals surface area contributed by atoms with Crippen molar-refractivity contribution in [1.82, 2.24) is 14.4 Å². The Labute approximate surface area is 102 Å². The molecule has 0 aromatic carbocycles. The van der Waals surface area contributed by atoms with Crippen molar-refractivity contribution in [1.29, 1.82) is 0 Å². The number of nitrogens with one attached hydrogen (secondary N) is 2. The van der Waals surface area contributed by atoms with Gasteiger partial charge >= 0.3 is 5.69 Å². The summed E-state index contributed by atoms with van der Waals surface area (Å²) in [7, 11) is 0. The Kier molecular flexibility index (Phi) is 2.19. The van der Waals surface area contributed by atoms with E-state index in [-0.39, 0.29) is 5.69 Å². The molecular weight excluding hydrogens is 230 g/mol. The summed E-state index contributed by atoms with van der Waals surface area (Å²) >= 11 is 0. The van der Waals surface area contributed by atoms with Crippen LogP contribution in [0.25, 0.3) is 16.8 Å². The van der Waals surface area contributed by atoms with Crippen LogP contribution < -0.4 is 5.69 Å². The second-order valence-corrected chi connectivity index (χ2v) is 4.22. The number of hydrogen-bond donors (Lipinski definition) is 2. The van der Waals surface area contributed by atoms with Crippen molar-refractivity contribution in [2.75, 3.05) is 0 Å². The topological polar surface area (TPSA) is 70.1 Å². The Balaban J connectivity index is 2.21. The third kappa shape index (κ3) is 1.57. The zero-order valence-electron chi connectivity index (χ0n) is 9.73. The van der Waals surface area contributed by atoms with Gasteiger partial charge in [-0.05, 0) is 25.1 Å². The number of aromatic nitrogens is 3. The van der Waals surface area contributed by atoms with Gasteiger partial charge in [-0.15, -0.1) is 0 Å². The third-order valence-corrected chi connectivity index (χ3v) is 2.96. The highest BCUT2D eigenvalue weighted by Gasteiger charge is 2.08. The number of rotatable bonds is 2. The number of H-pyrrole nitrogens is 2. The zero-order valence-corrected chi connectivity index (χ0v) is 9.73. The van der Waals surface area contributed by atoms with E-state index >= 15 is 0 Å². The number of aldehydes is 1. The van der Waals surface area contributed by atoms with E-state index in [1.54, 1.807) is 12.1 Å². The Bertz CT molecular complexity index is 792. The Hall–Kier alpha value is -2.56. The largest absolute Gasteiger partial charge is 0.323 e. The minimum absolute atomic E-state index is 0.216. The van der Waals surface area contributed by atoms with Gasteiger partial charge in [-0.3, -0.25) is 4.79 Å². The number of imidazole rings is 1. The lowest BCUT2D eigenvalue weighted by atomic mass is 10.2. The first-order valence-electron chi connectivity index (χ1n) is 5.53. The molecule has 0 bridgehead atoms. The molecule has 3 heterocycles. The van der Waals surface area contributed by atoms with Crippen LogP contribution in [-0.2, 0) is 0 Å². The lowest BCUT2D eigenvalue weighted by molar-refractivity contribution is 0.112. The van der Waals surface area contributed by atoms with Gasteiger partial charge < -0.3 is 14.4 Å². The van der Waals surface area contributed by atoms with Crippen molar-refractivity contribution in [3.63, 3.8) is 0 Å². The van der Waals surface area contributed by atoms with Crippen LogP contribution in [-0.4, -0.2) is 20.7 Å². The molecule has 0 aliphatic rings. The summed E-state index contributed by atoms with van der Waals surface area (Å²) in [6.07, 6.45) is 4.55. The Morgan fingerprint density at radius 3 is 2.78 bits per heavy atom. The molecule has 0 spiro atoms. The first kappa shape index (κ1) is 10.6. The molecule has 3 rings (SSSR count). The zero-order chi connectivity index (χ0) is 12.7. The standard InChI is InChI=1S/C13H11N3O2/c1-8-12(15-13(18)14-8)10-5-11-4-9(7-17)2-3-16(11)6-10/h2-7H,1H3,(H2,14,15,18). The van der Waals surface area contributed by atoms with E-state index in [1.165, 1.54) is 0 Å². The minimum Gasteiger partial charge on any atom is -0.323 e. The molecule has 0 saturated heterocycles. The fourth-order valence-corrected chi connectivity index (χ4v) is 2.10. The van der Waals surface area contributed by atoms with Crippen molar-refractivity contribution in [3.8, 4) is 11.3 Å². The van der Waals surface area contributed by atoms with Crippen LogP contribution in [0, 0.1) is 6.92 Å². The molecule has 3 aromatic heterocycles. The van der Waals surface area contributed by atoms with Gasteiger partial charge in [-0.1, -0.05) is 0 Å². The Morgan fingerprint density at radius 1 is 1.28 bits per heavy atom. The van der Waals surface area contributed by atoms with Gasteiger partial charge in [-0.2, -0.15) is 0 Å². The van der Waals surface area contributed by atoms with Gasteiger partial charge in [0.2, 0.25) is 0 Å². The summed E-state index contributed by atoms with van der Waals surface area (Å²) in [5.74, 6) is 0. The molecule has 5 nitrogen and oxygen atoms in total. The maximum absolute atomic E-state index is 11.2. The lowest BCUT2D eigenvalue weighted by Crippen LogP contribution is -2.00. The highest BCUT2D eigenvalue weighted by molar-refractivity contribution is 5.79. The van der Waals surface area contributed by atoms with Crippen LogP contribution in [0.1, 0.15) is 16.1 Å². The normalized spacial score (nSPS) is 10.9. The SMILES string of the molecule is Cc1[nH]c(=O)[nH]c1-c1cc2cc(C=O)ccn2c1. The number of pyridine rings is 1. The second-order valence-electron chi connectivity index (χ2n) is 4.22. The lowest BCUT2D eigenvalue weighted by Gasteiger charge is -1.93. The number of nitrogens with zero attached hydrogens (tertiary/aromatic N) is 1. The van der Waals surface area contributed by atoms with Crippen LogP contribution in [0.4, 0.5) is 0 Å². The highest BCUT2D eigenvalue weighted by Crippen LogP contribution is 2.22. The average molecular weight is 241 g/mol.